The summed E-state index contributed by atoms with van der Waals surface area (Å²) < 4.78 is 54.5. The molecule has 2 aliphatic heterocycles. The molecule has 69 heavy (non-hydrogen) atoms. The number of hydrogen-bond acceptors (Lipinski definition) is 15. The average molecular weight is 949 g/mol. The van der Waals surface area contributed by atoms with Crippen LogP contribution in [0.3, 0.4) is 0 Å². The Balaban J connectivity index is 0.881. The molecule has 15 heteroatoms. The SMILES string of the molecule is COCCOC(=O)c1ccc(C(=O)OCC(O)COc2ccc(C(C)(C)c3ccc(OCC4CO4)cc3)cc2)cc1C(=O)OCC(O)COc1ccc(C(C)(C)c2ccc(OCC3CO3)cc2)cc1. The summed E-state index contributed by atoms with van der Waals surface area (Å²) >= 11 is 0. The quantitative estimate of drug-likeness (QED) is 0.0252. The zero-order valence-corrected chi connectivity index (χ0v) is 39.6. The standard InChI is InChI=1S/C54H60O15/c1-53(2,38-11-19-44(20-12-38)64-31-46-33-66-46)36-7-15-42(16-8-36)62-27-40(55)29-68-50(57)35-6-23-48(51(58)61-25-24-60-5)49(26-35)52(59)69-30-41(56)28-63-43-17-9-37(10-18-43)54(3,4)39-13-21-45(22-14-39)65-32-47-34-67-47/h6-23,26,40-41,46-47,55-56H,24-25,27-34H2,1-5H3. The van der Waals surface area contributed by atoms with Crippen LogP contribution in [0.25, 0.3) is 0 Å². The fourth-order valence-electron chi connectivity index (χ4n) is 7.21. The molecule has 5 aromatic carbocycles. The van der Waals surface area contributed by atoms with E-state index in [1.807, 2.05) is 84.9 Å². The van der Waals surface area contributed by atoms with E-state index in [-0.39, 0.29) is 66.2 Å². The second-order valence-electron chi connectivity index (χ2n) is 17.9. The second-order valence-corrected chi connectivity index (χ2v) is 17.9. The van der Waals surface area contributed by atoms with E-state index in [1.54, 1.807) is 12.1 Å². The van der Waals surface area contributed by atoms with Crippen molar-refractivity contribution in [2.45, 2.75) is 62.9 Å². The maximum absolute atomic E-state index is 13.4. The van der Waals surface area contributed by atoms with Crippen molar-refractivity contribution in [3.8, 4) is 23.0 Å². The highest BCUT2D eigenvalue weighted by atomic mass is 16.6. The number of aliphatic hydroxyl groups excluding tert-OH is 2. The first kappa shape index (κ1) is 50.4. The highest BCUT2D eigenvalue weighted by Crippen LogP contribution is 2.35. The third-order valence-electron chi connectivity index (χ3n) is 11.9. The first-order valence-corrected chi connectivity index (χ1v) is 22.9. The number of epoxide rings is 2. The van der Waals surface area contributed by atoms with Crippen LogP contribution < -0.4 is 18.9 Å². The van der Waals surface area contributed by atoms with E-state index < -0.39 is 43.3 Å². The van der Waals surface area contributed by atoms with E-state index in [0.717, 1.165) is 53.0 Å². The van der Waals surface area contributed by atoms with Gasteiger partial charge in [-0.1, -0.05) is 76.2 Å². The van der Waals surface area contributed by atoms with Gasteiger partial charge in [0.25, 0.3) is 0 Å². The van der Waals surface area contributed by atoms with E-state index in [9.17, 15) is 24.6 Å². The van der Waals surface area contributed by atoms with Crippen molar-refractivity contribution >= 4 is 17.9 Å². The monoisotopic (exact) mass is 948 g/mol. The Hall–Kier alpha value is -6.49. The average Bonchev–Trinajstić information content (AvgIpc) is 4.32. The number of aliphatic hydroxyl groups is 2. The molecule has 0 spiro atoms. The predicted octanol–water partition coefficient (Wildman–Crippen LogP) is 6.89. The minimum Gasteiger partial charge on any atom is -0.491 e. The van der Waals surface area contributed by atoms with Gasteiger partial charge in [0.2, 0.25) is 0 Å². The molecule has 4 atom stereocenters. The van der Waals surface area contributed by atoms with Crippen LogP contribution in [0.4, 0.5) is 0 Å². The van der Waals surface area contributed by atoms with Crippen LogP contribution in [0.2, 0.25) is 0 Å². The van der Waals surface area contributed by atoms with Gasteiger partial charge in [0.15, 0.2) is 0 Å². The number of esters is 3. The molecular formula is C54H60O15. The van der Waals surface area contributed by atoms with Gasteiger partial charge in [0, 0.05) is 17.9 Å². The van der Waals surface area contributed by atoms with E-state index in [0.29, 0.717) is 24.7 Å². The number of carbonyl (C=O) groups excluding carboxylic acids is 3. The second kappa shape index (κ2) is 23.2. The Morgan fingerprint density at radius 1 is 0.507 bits per heavy atom. The van der Waals surface area contributed by atoms with Gasteiger partial charge in [-0.05, 0) is 89.0 Å². The third kappa shape index (κ3) is 14.3. The topological polar surface area (TPSA) is 191 Å². The number of carbonyl (C=O) groups is 3. The lowest BCUT2D eigenvalue weighted by molar-refractivity contribution is 0.0121. The molecular weight excluding hydrogens is 889 g/mol. The van der Waals surface area contributed by atoms with Crippen molar-refractivity contribution < 1.29 is 72.0 Å². The first-order valence-electron chi connectivity index (χ1n) is 22.9. The molecule has 2 fully saturated rings. The molecule has 4 unspecified atom stereocenters. The Kier molecular flexibility index (Phi) is 16.9. The van der Waals surface area contributed by atoms with E-state index in [4.69, 9.17) is 47.4 Å². The minimum absolute atomic E-state index is 0.0918. The molecule has 7 rings (SSSR count). The Morgan fingerprint density at radius 2 is 0.884 bits per heavy atom. The normalized spacial score (nSPS) is 16.1. The van der Waals surface area contributed by atoms with Crippen LogP contribution >= 0.6 is 0 Å². The summed E-state index contributed by atoms with van der Waals surface area (Å²) in [6, 6.07) is 34.6. The first-order chi connectivity index (χ1) is 33.2. The molecule has 15 nitrogen and oxygen atoms in total. The summed E-state index contributed by atoms with van der Waals surface area (Å²) in [7, 11) is 1.44. The summed E-state index contributed by atoms with van der Waals surface area (Å²) in [5.74, 6) is -0.162. The molecule has 2 N–H and O–H groups in total. The van der Waals surface area contributed by atoms with Crippen LogP contribution in [0.15, 0.2) is 115 Å². The number of benzene rings is 5. The van der Waals surface area contributed by atoms with Crippen LogP contribution in [0.1, 0.15) is 81.0 Å². The van der Waals surface area contributed by atoms with Gasteiger partial charge in [-0.25, -0.2) is 14.4 Å². The molecule has 2 aliphatic rings. The molecule has 366 valence electrons. The zero-order valence-electron chi connectivity index (χ0n) is 39.6. The summed E-state index contributed by atoms with van der Waals surface area (Å²) in [5, 5.41) is 21.4. The molecule has 2 saturated heterocycles. The maximum Gasteiger partial charge on any atom is 0.339 e. The Morgan fingerprint density at radius 3 is 1.28 bits per heavy atom. The summed E-state index contributed by atoms with van der Waals surface area (Å²) in [5.41, 5.74) is 3.08. The fourth-order valence-corrected chi connectivity index (χ4v) is 7.21. The van der Waals surface area contributed by atoms with Crippen molar-refractivity contribution in [1.82, 2.24) is 0 Å². The summed E-state index contributed by atoms with van der Waals surface area (Å²) in [6.45, 7) is 9.76. The van der Waals surface area contributed by atoms with E-state index >= 15 is 0 Å². The largest absolute Gasteiger partial charge is 0.491 e. The molecule has 5 aromatic rings. The van der Waals surface area contributed by atoms with Crippen molar-refractivity contribution in [3.63, 3.8) is 0 Å². The summed E-state index contributed by atoms with van der Waals surface area (Å²) in [6.07, 6.45) is -2.07. The Bertz CT molecular complexity index is 2460. The van der Waals surface area contributed by atoms with Gasteiger partial charge >= 0.3 is 17.9 Å². The fraction of sp³-hybridized carbons (Fsp3) is 0.389. The molecule has 0 aromatic heterocycles. The van der Waals surface area contributed by atoms with Crippen LogP contribution in [-0.4, -0.2) is 126 Å². The van der Waals surface area contributed by atoms with Gasteiger partial charge in [-0.2, -0.15) is 0 Å². The maximum atomic E-state index is 13.4. The zero-order chi connectivity index (χ0) is 49.0. The van der Waals surface area contributed by atoms with Gasteiger partial charge < -0.3 is 57.6 Å². The smallest absolute Gasteiger partial charge is 0.339 e. The summed E-state index contributed by atoms with van der Waals surface area (Å²) in [4.78, 5) is 39.6. The molecule has 0 saturated carbocycles. The van der Waals surface area contributed by atoms with Crippen molar-refractivity contribution in [1.29, 1.82) is 0 Å². The van der Waals surface area contributed by atoms with Gasteiger partial charge in [0.1, 0.15) is 93.7 Å². The van der Waals surface area contributed by atoms with Gasteiger partial charge in [-0.15, -0.1) is 0 Å². The van der Waals surface area contributed by atoms with Crippen LogP contribution in [-0.2, 0) is 39.3 Å². The number of rotatable bonds is 26. The lowest BCUT2D eigenvalue weighted by Crippen LogP contribution is -2.27. The van der Waals surface area contributed by atoms with Crippen molar-refractivity contribution in [2.75, 3.05) is 73.2 Å². The molecule has 2 heterocycles. The lowest BCUT2D eigenvalue weighted by Gasteiger charge is -2.26. The number of methoxy groups -OCH3 is 1. The van der Waals surface area contributed by atoms with Crippen LogP contribution in [0, 0.1) is 0 Å². The van der Waals surface area contributed by atoms with Gasteiger partial charge in [-0.3, -0.25) is 0 Å². The number of ether oxygens (including phenoxy) is 10. The Labute approximate surface area is 402 Å². The van der Waals surface area contributed by atoms with Crippen LogP contribution in [0.5, 0.6) is 23.0 Å². The molecule has 0 aliphatic carbocycles. The van der Waals surface area contributed by atoms with Gasteiger partial charge in [0.05, 0.1) is 36.5 Å². The minimum atomic E-state index is -1.24. The lowest BCUT2D eigenvalue weighted by atomic mass is 9.78. The van der Waals surface area contributed by atoms with E-state index in [1.165, 1.54) is 19.2 Å². The third-order valence-corrected chi connectivity index (χ3v) is 11.9. The van der Waals surface area contributed by atoms with E-state index in [2.05, 4.69) is 27.7 Å². The highest BCUT2D eigenvalue weighted by molar-refractivity contribution is 6.05. The molecule has 0 bridgehead atoms. The molecule has 0 amide bonds. The van der Waals surface area contributed by atoms with Crippen molar-refractivity contribution in [3.05, 3.63) is 154 Å². The van der Waals surface area contributed by atoms with Crippen molar-refractivity contribution in [2.24, 2.45) is 0 Å². The molecule has 0 radical (unpaired) electrons. The number of hydrogen-bond donors (Lipinski definition) is 2. The highest BCUT2D eigenvalue weighted by Gasteiger charge is 2.28. The predicted molar refractivity (Wildman–Crippen MR) is 253 cm³/mol.